The highest BCUT2D eigenvalue weighted by molar-refractivity contribution is 9.10. The number of nitrogens with one attached hydrogen (secondary N) is 1. The lowest BCUT2D eigenvalue weighted by Gasteiger charge is -2.13. The molecule has 4 nitrogen and oxygen atoms in total. The van der Waals surface area contributed by atoms with Gasteiger partial charge in [0.25, 0.3) is 10.0 Å². The quantitative estimate of drug-likeness (QED) is 0.836. The number of anilines is 1. The number of halogens is 2. The van der Waals surface area contributed by atoms with Gasteiger partial charge in [-0.05, 0) is 54.4 Å². The average molecular weight is 391 g/mol. The second kappa shape index (κ2) is 6.36. The Kier molecular flexibility index (Phi) is 4.93. The summed E-state index contributed by atoms with van der Waals surface area (Å²) in [5, 5.41) is 9.54. The van der Waals surface area contributed by atoms with Crippen molar-refractivity contribution in [2.45, 2.75) is 18.4 Å². The van der Waals surface area contributed by atoms with Crippen molar-refractivity contribution in [1.82, 2.24) is 0 Å². The van der Waals surface area contributed by atoms with E-state index < -0.39 is 10.0 Å². The molecule has 0 aromatic heterocycles. The minimum absolute atomic E-state index is 0.0574. The first-order chi connectivity index (χ1) is 9.83. The number of benzene rings is 2. The Bertz CT molecular complexity index is 761. The lowest BCUT2D eigenvalue weighted by molar-refractivity contribution is 0.280. The van der Waals surface area contributed by atoms with Gasteiger partial charge < -0.3 is 5.11 Å². The molecule has 0 bridgehead atoms. The van der Waals surface area contributed by atoms with E-state index in [1.54, 1.807) is 37.3 Å². The number of hydrogen-bond acceptors (Lipinski definition) is 3. The van der Waals surface area contributed by atoms with Gasteiger partial charge in [-0.2, -0.15) is 0 Å². The van der Waals surface area contributed by atoms with E-state index in [0.717, 1.165) is 4.47 Å². The van der Waals surface area contributed by atoms with Gasteiger partial charge in [-0.15, -0.1) is 0 Å². The summed E-state index contributed by atoms with van der Waals surface area (Å²) < 4.78 is 28.3. The smallest absolute Gasteiger partial charge is 0.262 e. The molecule has 0 amide bonds. The average Bonchev–Trinajstić information content (AvgIpc) is 2.43. The maximum atomic E-state index is 12.5. The number of hydrogen-bond donors (Lipinski definition) is 2. The zero-order valence-electron chi connectivity index (χ0n) is 11.1. The first kappa shape index (κ1) is 16.3. The van der Waals surface area contributed by atoms with E-state index >= 15 is 0 Å². The Morgan fingerprint density at radius 2 is 1.86 bits per heavy atom. The molecule has 0 aliphatic rings. The number of aliphatic hydroxyl groups excluding tert-OH is 1. The molecule has 7 heteroatoms. The third-order valence-electron chi connectivity index (χ3n) is 2.99. The van der Waals surface area contributed by atoms with Gasteiger partial charge in [0.1, 0.15) is 0 Å². The summed E-state index contributed by atoms with van der Waals surface area (Å²) in [5.41, 5.74) is 1.41. The second-order valence-corrected chi connectivity index (χ2v) is 7.46. The largest absolute Gasteiger partial charge is 0.392 e. The van der Waals surface area contributed by atoms with Crippen LogP contribution in [0.1, 0.15) is 11.1 Å². The zero-order chi connectivity index (χ0) is 15.6. The highest BCUT2D eigenvalue weighted by atomic mass is 79.9. The zero-order valence-corrected chi connectivity index (χ0v) is 14.3. The van der Waals surface area contributed by atoms with E-state index in [4.69, 9.17) is 11.6 Å². The molecule has 0 atom stereocenters. The second-order valence-electron chi connectivity index (χ2n) is 4.46. The van der Waals surface area contributed by atoms with Crippen LogP contribution < -0.4 is 4.72 Å². The molecular weight excluding hydrogens is 378 g/mol. The van der Waals surface area contributed by atoms with Crippen LogP contribution in [0.2, 0.25) is 5.02 Å². The summed E-state index contributed by atoms with van der Waals surface area (Å²) in [4.78, 5) is 0.0574. The fraction of sp³-hybridized carbons (Fsp3) is 0.143. The topological polar surface area (TPSA) is 66.4 Å². The van der Waals surface area contributed by atoms with Crippen LogP contribution in [0.3, 0.4) is 0 Å². The van der Waals surface area contributed by atoms with Crippen LogP contribution >= 0.6 is 27.5 Å². The minimum Gasteiger partial charge on any atom is -0.392 e. The van der Waals surface area contributed by atoms with Crippen LogP contribution in [0, 0.1) is 6.92 Å². The number of aliphatic hydroxyl groups is 1. The van der Waals surface area contributed by atoms with Crippen LogP contribution in [0.4, 0.5) is 5.69 Å². The van der Waals surface area contributed by atoms with Gasteiger partial charge in [0.15, 0.2) is 0 Å². The van der Waals surface area contributed by atoms with Crippen LogP contribution in [-0.2, 0) is 16.6 Å². The first-order valence-corrected chi connectivity index (χ1v) is 8.67. The Hall–Kier alpha value is -1.08. The van der Waals surface area contributed by atoms with Crippen molar-refractivity contribution in [2.75, 3.05) is 4.72 Å². The first-order valence-electron chi connectivity index (χ1n) is 6.02. The van der Waals surface area contributed by atoms with Crippen molar-refractivity contribution in [3.05, 3.63) is 57.0 Å². The molecule has 21 heavy (non-hydrogen) atoms. The molecule has 112 valence electrons. The molecule has 0 saturated heterocycles. The van der Waals surface area contributed by atoms with Gasteiger partial charge >= 0.3 is 0 Å². The van der Waals surface area contributed by atoms with Crippen molar-refractivity contribution in [2.24, 2.45) is 0 Å². The standard InChI is InChI=1S/C14H13BrClNO3S/c1-9-10(8-18)6-12(16)7-14(9)21(19,20)17-13-4-2-11(15)3-5-13/h2-7,17-18H,8H2,1H3. The molecule has 0 radical (unpaired) electrons. The lowest BCUT2D eigenvalue weighted by Crippen LogP contribution is -2.15. The maximum Gasteiger partial charge on any atom is 0.262 e. The van der Waals surface area contributed by atoms with E-state index in [1.165, 1.54) is 6.07 Å². The molecule has 0 heterocycles. The third-order valence-corrected chi connectivity index (χ3v) is 5.24. The van der Waals surface area contributed by atoms with E-state index in [2.05, 4.69) is 20.7 Å². The molecule has 0 aliphatic heterocycles. The monoisotopic (exact) mass is 389 g/mol. The van der Waals surface area contributed by atoms with Gasteiger partial charge in [0, 0.05) is 15.2 Å². The van der Waals surface area contributed by atoms with Gasteiger partial charge in [-0.1, -0.05) is 27.5 Å². The molecule has 0 unspecified atom stereocenters. The molecule has 2 rings (SSSR count). The van der Waals surface area contributed by atoms with Crippen molar-refractivity contribution in [3.63, 3.8) is 0 Å². The van der Waals surface area contributed by atoms with Crippen molar-refractivity contribution in [3.8, 4) is 0 Å². The molecule has 0 fully saturated rings. The molecule has 2 aromatic carbocycles. The fourth-order valence-corrected chi connectivity index (χ4v) is 3.82. The van der Waals surface area contributed by atoms with Gasteiger partial charge in [0.05, 0.1) is 11.5 Å². The Morgan fingerprint density at radius 3 is 2.43 bits per heavy atom. The maximum absolute atomic E-state index is 12.5. The lowest BCUT2D eigenvalue weighted by atomic mass is 10.1. The summed E-state index contributed by atoms with van der Waals surface area (Å²) in [6.07, 6.45) is 0. The van der Waals surface area contributed by atoms with Crippen LogP contribution in [0.25, 0.3) is 0 Å². The minimum atomic E-state index is -3.77. The van der Waals surface area contributed by atoms with Gasteiger partial charge in [-0.3, -0.25) is 4.72 Å². The predicted molar refractivity (Wildman–Crippen MR) is 87.1 cm³/mol. The van der Waals surface area contributed by atoms with Crippen molar-refractivity contribution >= 4 is 43.2 Å². The van der Waals surface area contributed by atoms with E-state index in [0.29, 0.717) is 16.8 Å². The van der Waals surface area contributed by atoms with Crippen molar-refractivity contribution < 1.29 is 13.5 Å². The van der Waals surface area contributed by atoms with Gasteiger partial charge in [-0.25, -0.2) is 8.42 Å². The molecule has 2 aromatic rings. The van der Waals surface area contributed by atoms with Crippen LogP contribution in [-0.4, -0.2) is 13.5 Å². The Morgan fingerprint density at radius 1 is 1.24 bits per heavy atom. The summed E-state index contributed by atoms with van der Waals surface area (Å²) in [7, 11) is -3.77. The van der Waals surface area contributed by atoms with E-state index in [9.17, 15) is 13.5 Å². The molecule has 0 saturated carbocycles. The Labute approximate surface area is 136 Å². The normalized spacial score (nSPS) is 11.4. The molecule has 0 spiro atoms. The number of rotatable bonds is 4. The fourth-order valence-electron chi connectivity index (χ4n) is 1.88. The summed E-state index contributed by atoms with van der Waals surface area (Å²) in [6, 6.07) is 9.69. The number of sulfonamides is 1. The van der Waals surface area contributed by atoms with Crippen molar-refractivity contribution in [1.29, 1.82) is 0 Å². The van der Waals surface area contributed by atoms with E-state index in [1.807, 2.05) is 0 Å². The molecule has 2 N–H and O–H groups in total. The third kappa shape index (κ3) is 3.77. The predicted octanol–water partition coefficient (Wildman–Crippen LogP) is 3.70. The SMILES string of the molecule is Cc1c(CO)cc(Cl)cc1S(=O)(=O)Nc1ccc(Br)cc1. The van der Waals surface area contributed by atoms with Gasteiger partial charge in [0.2, 0.25) is 0 Å². The summed E-state index contributed by atoms with van der Waals surface area (Å²) in [6.45, 7) is 1.37. The summed E-state index contributed by atoms with van der Waals surface area (Å²) in [5.74, 6) is 0. The van der Waals surface area contributed by atoms with Crippen LogP contribution in [0.15, 0.2) is 45.8 Å². The van der Waals surface area contributed by atoms with Crippen LogP contribution in [0.5, 0.6) is 0 Å². The Balaban J connectivity index is 2.44. The highest BCUT2D eigenvalue weighted by Crippen LogP contribution is 2.26. The molecule has 0 aliphatic carbocycles. The van der Waals surface area contributed by atoms with E-state index in [-0.39, 0.29) is 16.5 Å². The molecular formula is C14H13BrClNO3S. The summed E-state index contributed by atoms with van der Waals surface area (Å²) >= 11 is 9.21. The highest BCUT2D eigenvalue weighted by Gasteiger charge is 2.19.